The van der Waals surface area contributed by atoms with Crippen molar-refractivity contribution in [1.29, 1.82) is 0 Å². The van der Waals surface area contributed by atoms with Gasteiger partial charge in [0.05, 0.1) is 18.9 Å². The average Bonchev–Trinajstić information content (AvgIpc) is 2.87. The first kappa shape index (κ1) is 25.4. The molecule has 0 aromatic heterocycles. The molecule has 8 heteroatoms. The lowest BCUT2D eigenvalue weighted by atomic mass is 10.0. The molecule has 3 rings (SSSR count). The summed E-state index contributed by atoms with van der Waals surface area (Å²) in [6.07, 6.45) is 1.49. The number of halogens is 1. The molecule has 2 N–H and O–H groups in total. The number of hydrogen-bond acceptors (Lipinski definition) is 5. The van der Waals surface area contributed by atoms with Gasteiger partial charge in [0.1, 0.15) is 30.0 Å². The molecule has 0 aliphatic heterocycles. The Bertz CT molecular complexity index is 1160. The second-order valence-electron chi connectivity index (χ2n) is 8.12. The lowest BCUT2D eigenvalue weighted by Gasteiger charge is -2.20. The number of rotatable bonds is 10. The summed E-state index contributed by atoms with van der Waals surface area (Å²) in [5.74, 6) is -0.564. The molecule has 0 saturated carbocycles. The molecule has 3 aromatic rings. The summed E-state index contributed by atoms with van der Waals surface area (Å²) in [5, 5.41) is 6.55. The first-order chi connectivity index (χ1) is 16.9. The molecular formula is C27H28FN3O4. The molecule has 35 heavy (non-hydrogen) atoms. The number of hydrogen-bond donors (Lipinski definition) is 2. The first-order valence-electron chi connectivity index (χ1n) is 11.1. The maximum Gasteiger partial charge on any atom is 0.262 e. The van der Waals surface area contributed by atoms with E-state index in [0.29, 0.717) is 12.4 Å². The fourth-order valence-corrected chi connectivity index (χ4v) is 3.18. The lowest BCUT2D eigenvalue weighted by molar-refractivity contribution is -0.123. The second-order valence-corrected chi connectivity index (χ2v) is 8.12. The van der Waals surface area contributed by atoms with Gasteiger partial charge in [0.2, 0.25) is 0 Å². The van der Waals surface area contributed by atoms with Crippen molar-refractivity contribution in [1.82, 2.24) is 10.7 Å². The molecule has 7 nitrogen and oxygen atoms in total. The van der Waals surface area contributed by atoms with E-state index in [1.54, 1.807) is 51.3 Å². The Morgan fingerprint density at radius 2 is 1.63 bits per heavy atom. The van der Waals surface area contributed by atoms with Gasteiger partial charge >= 0.3 is 0 Å². The number of carbonyl (C=O) groups excluding carboxylic acids is 2. The zero-order chi connectivity index (χ0) is 25.2. The molecule has 1 atom stereocenters. The number of nitrogens with zero attached hydrogens (tertiary/aromatic N) is 1. The molecule has 0 bridgehead atoms. The number of benzene rings is 3. The van der Waals surface area contributed by atoms with Crippen molar-refractivity contribution in [2.45, 2.75) is 26.5 Å². The minimum Gasteiger partial charge on any atom is -0.497 e. The van der Waals surface area contributed by atoms with Crippen molar-refractivity contribution in [2.24, 2.45) is 11.0 Å². The highest BCUT2D eigenvalue weighted by Gasteiger charge is 2.25. The third-order valence-electron chi connectivity index (χ3n) is 5.19. The van der Waals surface area contributed by atoms with E-state index >= 15 is 0 Å². The first-order valence-corrected chi connectivity index (χ1v) is 11.1. The number of hydrazone groups is 1. The van der Waals surface area contributed by atoms with Gasteiger partial charge in [-0.2, -0.15) is 5.10 Å². The fourth-order valence-electron chi connectivity index (χ4n) is 3.18. The summed E-state index contributed by atoms with van der Waals surface area (Å²) in [6.45, 7) is 3.98. The van der Waals surface area contributed by atoms with Gasteiger partial charge in [-0.25, -0.2) is 9.82 Å². The van der Waals surface area contributed by atoms with Crippen LogP contribution in [0.2, 0.25) is 0 Å². The molecule has 0 aliphatic carbocycles. The smallest absolute Gasteiger partial charge is 0.262 e. The van der Waals surface area contributed by atoms with Crippen LogP contribution < -0.4 is 20.2 Å². The minimum atomic E-state index is -0.881. The Balaban J connectivity index is 1.52. The number of ether oxygens (including phenoxy) is 2. The van der Waals surface area contributed by atoms with E-state index in [0.717, 1.165) is 16.9 Å². The van der Waals surface area contributed by atoms with Crippen molar-refractivity contribution in [3.05, 3.63) is 95.3 Å². The predicted molar refractivity (Wildman–Crippen MR) is 132 cm³/mol. The van der Waals surface area contributed by atoms with Gasteiger partial charge in [-0.1, -0.05) is 38.1 Å². The highest BCUT2D eigenvalue weighted by Crippen LogP contribution is 2.16. The molecule has 0 radical (unpaired) electrons. The van der Waals surface area contributed by atoms with E-state index in [4.69, 9.17) is 9.47 Å². The van der Waals surface area contributed by atoms with Crippen molar-refractivity contribution in [3.63, 3.8) is 0 Å². The Kier molecular flexibility index (Phi) is 8.95. The van der Waals surface area contributed by atoms with Crippen LogP contribution in [0.5, 0.6) is 11.5 Å². The zero-order valence-corrected chi connectivity index (χ0v) is 19.8. The van der Waals surface area contributed by atoms with Crippen LogP contribution in [0.4, 0.5) is 4.39 Å². The SMILES string of the molecule is COc1ccc(COc2ccc(C=NNC(=O)C(NC(=O)c3ccccc3F)C(C)C)cc2)cc1. The van der Waals surface area contributed by atoms with Gasteiger partial charge in [-0.05, 0) is 65.6 Å². The van der Waals surface area contributed by atoms with Crippen molar-refractivity contribution >= 4 is 18.0 Å². The zero-order valence-electron chi connectivity index (χ0n) is 19.8. The summed E-state index contributed by atoms with van der Waals surface area (Å²) < 4.78 is 24.8. The van der Waals surface area contributed by atoms with Crippen LogP contribution in [-0.2, 0) is 11.4 Å². The van der Waals surface area contributed by atoms with Crippen LogP contribution in [0.3, 0.4) is 0 Å². The average molecular weight is 478 g/mol. The Labute approximate surface area is 204 Å². The van der Waals surface area contributed by atoms with Crippen molar-refractivity contribution < 1.29 is 23.5 Å². The van der Waals surface area contributed by atoms with Gasteiger partial charge in [0, 0.05) is 0 Å². The van der Waals surface area contributed by atoms with Gasteiger partial charge in [0.15, 0.2) is 0 Å². The summed E-state index contributed by atoms with van der Waals surface area (Å²) in [6, 6.07) is 19.6. The lowest BCUT2D eigenvalue weighted by Crippen LogP contribution is -2.48. The second kappa shape index (κ2) is 12.3. The standard InChI is InChI=1S/C27H28FN3O4/c1-18(2)25(30-26(32)23-6-4-5-7-24(23)28)27(33)31-29-16-19-8-14-22(15-9-19)35-17-20-10-12-21(34-3)13-11-20/h4-16,18,25H,17H2,1-3H3,(H,30,32)(H,31,33). The van der Waals surface area contributed by atoms with Crippen LogP contribution >= 0.6 is 0 Å². The largest absolute Gasteiger partial charge is 0.497 e. The van der Waals surface area contributed by atoms with Gasteiger partial charge in [-0.3, -0.25) is 9.59 Å². The summed E-state index contributed by atoms with van der Waals surface area (Å²) in [4.78, 5) is 25.0. The molecule has 3 aromatic carbocycles. The molecule has 1 unspecified atom stereocenters. The van der Waals surface area contributed by atoms with E-state index in [1.165, 1.54) is 24.4 Å². The Morgan fingerprint density at radius 3 is 2.26 bits per heavy atom. The monoisotopic (exact) mass is 477 g/mol. The third-order valence-corrected chi connectivity index (χ3v) is 5.19. The van der Waals surface area contributed by atoms with E-state index in [1.807, 2.05) is 24.3 Å². The van der Waals surface area contributed by atoms with Crippen LogP contribution in [0, 0.1) is 11.7 Å². The highest BCUT2D eigenvalue weighted by atomic mass is 19.1. The molecule has 182 valence electrons. The molecule has 0 spiro atoms. The van der Waals surface area contributed by atoms with Crippen LogP contribution in [0.1, 0.15) is 35.3 Å². The van der Waals surface area contributed by atoms with Crippen LogP contribution in [0.25, 0.3) is 0 Å². The summed E-state index contributed by atoms with van der Waals surface area (Å²) in [7, 11) is 1.62. The number of methoxy groups -OCH3 is 1. The topological polar surface area (TPSA) is 89.0 Å². The van der Waals surface area contributed by atoms with E-state index in [2.05, 4.69) is 15.8 Å². The van der Waals surface area contributed by atoms with Crippen molar-refractivity contribution in [2.75, 3.05) is 7.11 Å². The minimum absolute atomic E-state index is 0.122. The van der Waals surface area contributed by atoms with E-state index in [-0.39, 0.29) is 11.5 Å². The molecule has 2 amide bonds. The van der Waals surface area contributed by atoms with Crippen molar-refractivity contribution in [3.8, 4) is 11.5 Å². The molecule has 0 saturated heterocycles. The Morgan fingerprint density at radius 1 is 0.971 bits per heavy atom. The number of nitrogens with one attached hydrogen (secondary N) is 2. The maximum atomic E-state index is 13.9. The maximum absolute atomic E-state index is 13.9. The Hall–Kier alpha value is -4.20. The fraction of sp³-hybridized carbons (Fsp3) is 0.222. The van der Waals surface area contributed by atoms with E-state index in [9.17, 15) is 14.0 Å². The van der Waals surface area contributed by atoms with Crippen LogP contribution in [-0.4, -0.2) is 31.2 Å². The van der Waals surface area contributed by atoms with Gasteiger partial charge in [0.25, 0.3) is 11.8 Å². The molecule has 0 heterocycles. The number of carbonyl (C=O) groups is 2. The van der Waals surface area contributed by atoms with Crippen LogP contribution in [0.15, 0.2) is 77.9 Å². The molecule has 0 fully saturated rings. The number of amides is 2. The quantitative estimate of drug-likeness (QED) is 0.336. The molecular weight excluding hydrogens is 449 g/mol. The van der Waals surface area contributed by atoms with Gasteiger partial charge in [-0.15, -0.1) is 0 Å². The summed E-state index contributed by atoms with van der Waals surface area (Å²) in [5.41, 5.74) is 4.08. The predicted octanol–water partition coefficient (Wildman–Crippen LogP) is 4.32. The molecule has 0 aliphatic rings. The highest BCUT2D eigenvalue weighted by molar-refractivity contribution is 5.98. The third kappa shape index (κ3) is 7.40. The summed E-state index contributed by atoms with van der Waals surface area (Å²) >= 11 is 0. The normalized spacial score (nSPS) is 11.8. The van der Waals surface area contributed by atoms with Gasteiger partial charge < -0.3 is 14.8 Å². The van der Waals surface area contributed by atoms with E-state index < -0.39 is 23.7 Å².